The van der Waals surface area contributed by atoms with Gasteiger partial charge in [-0.25, -0.2) is 4.98 Å². The first kappa shape index (κ1) is 13.7. The molecular weight excluding hydrogens is 264 g/mol. The van der Waals surface area contributed by atoms with E-state index in [-0.39, 0.29) is 11.9 Å². The molecule has 2 N–H and O–H groups in total. The summed E-state index contributed by atoms with van der Waals surface area (Å²) in [5, 5.41) is 6.24. The third-order valence-corrected chi connectivity index (χ3v) is 4.14. The number of imidazole rings is 1. The van der Waals surface area contributed by atoms with E-state index in [1.165, 1.54) is 0 Å². The van der Waals surface area contributed by atoms with Crippen molar-refractivity contribution in [3.05, 3.63) is 48.5 Å². The van der Waals surface area contributed by atoms with Crippen LogP contribution >= 0.6 is 0 Å². The van der Waals surface area contributed by atoms with Crippen LogP contribution < -0.4 is 10.6 Å². The molecule has 5 nitrogen and oxygen atoms in total. The van der Waals surface area contributed by atoms with E-state index in [4.69, 9.17) is 0 Å². The van der Waals surface area contributed by atoms with E-state index in [2.05, 4.69) is 20.2 Å². The average molecular weight is 284 g/mol. The van der Waals surface area contributed by atoms with Crippen LogP contribution in [0.5, 0.6) is 0 Å². The van der Waals surface area contributed by atoms with Gasteiger partial charge in [-0.15, -0.1) is 0 Å². The highest BCUT2D eigenvalue weighted by Gasteiger charge is 2.30. The number of rotatable bonds is 4. The number of anilines is 1. The molecule has 2 aromatic rings. The summed E-state index contributed by atoms with van der Waals surface area (Å²) < 4.78 is 2.10. The fraction of sp³-hybridized carbons (Fsp3) is 0.375. The highest BCUT2D eigenvalue weighted by Crippen LogP contribution is 2.30. The van der Waals surface area contributed by atoms with Crippen molar-refractivity contribution in [1.29, 1.82) is 0 Å². The minimum absolute atomic E-state index is 0.0167. The number of amides is 1. The highest BCUT2D eigenvalue weighted by molar-refractivity contribution is 5.99. The fourth-order valence-corrected chi connectivity index (χ4v) is 3.08. The van der Waals surface area contributed by atoms with Crippen molar-refractivity contribution in [2.45, 2.75) is 31.3 Å². The van der Waals surface area contributed by atoms with E-state index >= 15 is 0 Å². The predicted octanol–water partition coefficient (Wildman–Crippen LogP) is 2.45. The van der Waals surface area contributed by atoms with Crippen LogP contribution in [0.1, 0.15) is 35.7 Å². The van der Waals surface area contributed by atoms with Crippen LogP contribution in [0.4, 0.5) is 5.69 Å². The zero-order valence-corrected chi connectivity index (χ0v) is 12.1. The molecule has 110 valence electrons. The molecule has 1 aromatic carbocycles. The zero-order valence-electron chi connectivity index (χ0n) is 12.1. The van der Waals surface area contributed by atoms with E-state index in [0.29, 0.717) is 11.6 Å². The molecule has 0 radical (unpaired) electrons. The molecule has 5 heteroatoms. The number of nitrogens with zero attached hydrogens (tertiary/aromatic N) is 2. The van der Waals surface area contributed by atoms with Gasteiger partial charge in [0, 0.05) is 31.2 Å². The van der Waals surface area contributed by atoms with Crippen LogP contribution in [-0.4, -0.2) is 28.5 Å². The minimum Gasteiger partial charge on any atom is -0.387 e. The molecule has 3 rings (SSSR count). The Kier molecular flexibility index (Phi) is 3.90. The highest BCUT2D eigenvalue weighted by atomic mass is 16.1. The van der Waals surface area contributed by atoms with Gasteiger partial charge in [-0.2, -0.15) is 0 Å². The lowest BCUT2D eigenvalue weighted by Gasteiger charge is -2.22. The van der Waals surface area contributed by atoms with Gasteiger partial charge in [-0.05, 0) is 31.4 Å². The van der Waals surface area contributed by atoms with Crippen LogP contribution in [0, 0.1) is 0 Å². The van der Waals surface area contributed by atoms with E-state index in [1.54, 1.807) is 6.20 Å². The maximum absolute atomic E-state index is 12.5. The number of para-hydroxylation sites is 1. The van der Waals surface area contributed by atoms with Crippen LogP contribution in [-0.2, 0) is 0 Å². The molecule has 1 aliphatic rings. The molecule has 0 aliphatic heterocycles. The molecule has 1 heterocycles. The Morgan fingerprint density at radius 2 is 2.19 bits per heavy atom. The Hall–Kier alpha value is -2.30. The summed E-state index contributed by atoms with van der Waals surface area (Å²) in [6, 6.07) is 8.04. The van der Waals surface area contributed by atoms with E-state index < -0.39 is 0 Å². The Morgan fingerprint density at radius 1 is 1.33 bits per heavy atom. The summed E-state index contributed by atoms with van der Waals surface area (Å²) in [6.45, 7) is 0. The largest absolute Gasteiger partial charge is 0.387 e. The van der Waals surface area contributed by atoms with Gasteiger partial charge in [0.1, 0.15) is 0 Å². The van der Waals surface area contributed by atoms with Gasteiger partial charge < -0.3 is 15.2 Å². The molecule has 1 aromatic heterocycles. The Balaban J connectivity index is 1.75. The normalized spacial score (nSPS) is 21.2. The number of benzene rings is 1. The first-order valence-corrected chi connectivity index (χ1v) is 7.34. The number of carbonyl (C=O) groups excluding carboxylic acids is 1. The summed E-state index contributed by atoms with van der Waals surface area (Å²) in [7, 11) is 1.83. The number of carbonyl (C=O) groups is 1. The molecule has 1 fully saturated rings. The summed E-state index contributed by atoms with van der Waals surface area (Å²) >= 11 is 0. The lowest BCUT2D eigenvalue weighted by Crippen LogP contribution is -2.38. The van der Waals surface area contributed by atoms with E-state index in [9.17, 15) is 4.79 Å². The molecule has 2 atom stereocenters. The van der Waals surface area contributed by atoms with E-state index in [0.717, 1.165) is 24.9 Å². The molecule has 1 saturated carbocycles. The van der Waals surface area contributed by atoms with Crippen LogP contribution in [0.3, 0.4) is 0 Å². The van der Waals surface area contributed by atoms with Crippen LogP contribution in [0.15, 0.2) is 43.0 Å². The van der Waals surface area contributed by atoms with Gasteiger partial charge in [0.15, 0.2) is 0 Å². The molecule has 0 saturated heterocycles. The van der Waals surface area contributed by atoms with Gasteiger partial charge in [-0.1, -0.05) is 12.1 Å². The van der Waals surface area contributed by atoms with Crippen molar-refractivity contribution >= 4 is 11.6 Å². The summed E-state index contributed by atoms with van der Waals surface area (Å²) in [5.41, 5.74) is 1.54. The number of nitrogens with one attached hydrogen (secondary N) is 2. The molecule has 1 amide bonds. The average Bonchev–Trinajstić information content (AvgIpc) is 3.17. The van der Waals surface area contributed by atoms with Crippen LogP contribution in [0.2, 0.25) is 0 Å². The van der Waals surface area contributed by atoms with Crippen molar-refractivity contribution in [3.8, 4) is 0 Å². The molecule has 0 spiro atoms. The quantitative estimate of drug-likeness (QED) is 0.906. The second-order valence-corrected chi connectivity index (χ2v) is 5.38. The lowest BCUT2D eigenvalue weighted by atomic mass is 10.1. The van der Waals surface area contributed by atoms with Gasteiger partial charge in [0.2, 0.25) is 0 Å². The van der Waals surface area contributed by atoms with E-state index in [1.807, 2.05) is 43.8 Å². The third kappa shape index (κ3) is 2.77. The molecule has 1 aliphatic carbocycles. The molecule has 21 heavy (non-hydrogen) atoms. The van der Waals surface area contributed by atoms with Crippen LogP contribution in [0.25, 0.3) is 0 Å². The van der Waals surface area contributed by atoms with Crippen molar-refractivity contribution in [1.82, 2.24) is 14.9 Å². The smallest absolute Gasteiger partial charge is 0.253 e. The van der Waals surface area contributed by atoms with Crippen molar-refractivity contribution < 1.29 is 4.79 Å². The summed E-state index contributed by atoms with van der Waals surface area (Å²) in [5.74, 6) is -0.0167. The first-order valence-electron chi connectivity index (χ1n) is 7.34. The first-order chi connectivity index (χ1) is 10.3. The molecule has 2 unspecified atom stereocenters. The summed E-state index contributed by atoms with van der Waals surface area (Å²) in [4.78, 5) is 16.6. The van der Waals surface area contributed by atoms with Gasteiger partial charge in [-0.3, -0.25) is 4.79 Å². The van der Waals surface area contributed by atoms with Crippen molar-refractivity contribution in [2.75, 3.05) is 12.4 Å². The molecule has 0 bridgehead atoms. The Labute approximate surface area is 124 Å². The number of hydrogen-bond donors (Lipinski definition) is 2. The number of aromatic nitrogens is 2. The topological polar surface area (TPSA) is 59.0 Å². The zero-order chi connectivity index (χ0) is 14.7. The maximum atomic E-state index is 12.5. The predicted molar refractivity (Wildman–Crippen MR) is 82.4 cm³/mol. The van der Waals surface area contributed by atoms with Gasteiger partial charge >= 0.3 is 0 Å². The minimum atomic E-state index is -0.0167. The maximum Gasteiger partial charge on any atom is 0.253 e. The Bertz CT molecular complexity index is 608. The lowest BCUT2D eigenvalue weighted by molar-refractivity contribution is 0.0929. The standard InChI is InChI=1S/C16H20N4O/c1-17-13-6-3-2-5-12(13)16(21)19-14-7-4-8-15(14)20-10-9-18-11-20/h2-3,5-6,9-11,14-15,17H,4,7-8H2,1H3,(H,19,21). The Morgan fingerprint density at radius 3 is 2.95 bits per heavy atom. The number of hydrogen-bond acceptors (Lipinski definition) is 3. The monoisotopic (exact) mass is 284 g/mol. The van der Waals surface area contributed by atoms with Crippen molar-refractivity contribution in [3.63, 3.8) is 0 Å². The van der Waals surface area contributed by atoms with Gasteiger partial charge in [0.25, 0.3) is 5.91 Å². The second kappa shape index (κ2) is 5.99. The summed E-state index contributed by atoms with van der Waals surface area (Å²) in [6.07, 6.45) is 8.80. The van der Waals surface area contributed by atoms with Gasteiger partial charge in [0.05, 0.1) is 17.9 Å². The molecular formula is C16H20N4O. The fourth-order valence-electron chi connectivity index (χ4n) is 3.08. The second-order valence-electron chi connectivity index (χ2n) is 5.38. The SMILES string of the molecule is CNc1ccccc1C(=O)NC1CCCC1n1ccnc1. The van der Waals surface area contributed by atoms with Crippen molar-refractivity contribution in [2.24, 2.45) is 0 Å². The third-order valence-electron chi connectivity index (χ3n) is 4.14.